The predicted molar refractivity (Wildman–Crippen MR) is 154 cm³/mol. The average Bonchev–Trinajstić information content (AvgIpc) is 3.05. The van der Waals surface area contributed by atoms with Crippen LogP contribution in [0.2, 0.25) is 0 Å². The number of pyridine rings is 2. The summed E-state index contributed by atoms with van der Waals surface area (Å²) in [5, 5.41) is 0. The van der Waals surface area contributed by atoms with Crippen molar-refractivity contribution in [1.82, 2.24) is 9.80 Å². The first kappa shape index (κ1) is 25.9. The molecule has 6 heteroatoms. The Morgan fingerprint density at radius 2 is 0.875 bits per heavy atom. The number of piperidine rings is 2. The topological polar surface area (TPSA) is 48.4 Å². The monoisotopic (exact) mass is 532 g/mol. The molecule has 0 N–H and O–H groups in total. The molecule has 2 aromatic carbocycles. The van der Waals surface area contributed by atoms with Gasteiger partial charge in [-0.15, -0.1) is 0 Å². The lowest BCUT2D eigenvalue weighted by atomic mass is 10.1. The first-order chi connectivity index (χ1) is 19.7. The van der Waals surface area contributed by atoms with Crippen molar-refractivity contribution in [2.75, 3.05) is 26.2 Å². The number of carbonyl (C=O) groups is 2. The van der Waals surface area contributed by atoms with Crippen molar-refractivity contribution in [3.05, 3.63) is 109 Å². The highest BCUT2D eigenvalue weighted by Crippen LogP contribution is 2.19. The van der Waals surface area contributed by atoms with E-state index < -0.39 is 0 Å². The number of amides is 2. The van der Waals surface area contributed by atoms with Gasteiger partial charge >= 0.3 is 0 Å². The van der Waals surface area contributed by atoms with Crippen LogP contribution in [0.1, 0.15) is 59.2 Å². The molecule has 4 aromatic rings. The van der Waals surface area contributed by atoms with Gasteiger partial charge in [0.15, 0.2) is 24.8 Å². The smallest absolute Gasteiger partial charge is 0.254 e. The van der Waals surface area contributed by atoms with Crippen molar-refractivity contribution in [2.24, 2.45) is 0 Å². The Labute approximate surface area is 236 Å². The summed E-state index contributed by atoms with van der Waals surface area (Å²) < 4.78 is 4.09. The molecule has 6 nitrogen and oxygen atoms in total. The van der Waals surface area contributed by atoms with E-state index in [0.29, 0.717) is 0 Å². The molecular weight excluding hydrogens is 496 g/mol. The van der Waals surface area contributed by atoms with E-state index >= 15 is 0 Å². The van der Waals surface area contributed by atoms with Crippen LogP contribution in [0.4, 0.5) is 0 Å². The lowest BCUT2D eigenvalue weighted by Gasteiger charge is -2.26. The van der Waals surface area contributed by atoms with Crippen LogP contribution >= 0.6 is 0 Å². The Morgan fingerprint density at radius 3 is 1.25 bits per heavy atom. The predicted octanol–water partition coefficient (Wildman–Crippen LogP) is 5.16. The Balaban J connectivity index is 1.16. The van der Waals surface area contributed by atoms with Crippen molar-refractivity contribution in [3.8, 4) is 22.5 Å². The van der Waals surface area contributed by atoms with Gasteiger partial charge in [-0.2, -0.15) is 9.13 Å². The summed E-state index contributed by atoms with van der Waals surface area (Å²) in [7, 11) is 0. The minimum Gasteiger partial charge on any atom is -0.339 e. The fraction of sp³-hybridized carbons (Fsp3) is 0.294. The van der Waals surface area contributed by atoms with Gasteiger partial charge in [-0.25, -0.2) is 0 Å². The lowest BCUT2D eigenvalue weighted by molar-refractivity contribution is -0.596. The van der Waals surface area contributed by atoms with E-state index in [1.165, 1.54) is 12.8 Å². The van der Waals surface area contributed by atoms with Gasteiger partial charge in [0.25, 0.3) is 11.8 Å². The standard InChI is InChI=1S/C34H36N4O2/c39-33(37-17-3-1-4-18-37)29-9-7-11-31(25-29)35-21-13-27(14-22-35)28-15-23-36(24-16-28)32-12-8-10-30(26-32)34(40)38-19-5-2-6-20-38/h7-16,21-26H,1-6,17-20H2/q+2. The number of carbonyl (C=O) groups excluding carboxylic acids is 2. The molecule has 2 amide bonds. The first-order valence-corrected chi connectivity index (χ1v) is 14.5. The molecule has 6 rings (SSSR count). The molecule has 202 valence electrons. The van der Waals surface area contributed by atoms with Gasteiger partial charge in [-0.1, -0.05) is 12.1 Å². The SMILES string of the molecule is O=C(c1cccc(-[n+]2ccc(-c3cc[n+](-c4cccc(C(=O)N5CCCCC5)c4)cc3)cc2)c1)N1CCCCC1. The Morgan fingerprint density at radius 1 is 0.500 bits per heavy atom. The van der Waals surface area contributed by atoms with Crippen LogP contribution in [-0.2, 0) is 0 Å². The fourth-order valence-corrected chi connectivity index (χ4v) is 5.74. The van der Waals surface area contributed by atoms with Crippen LogP contribution in [0.5, 0.6) is 0 Å². The zero-order valence-electron chi connectivity index (χ0n) is 22.9. The number of hydrogen-bond acceptors (Lipinski definition) is 2. The number of nitrogens with zero attached hydrogens (tertiary/aromatic N) is 4. The number of hydrogen-bond donors (Lipinski definition) is 0. The third-order valence-corrected chi connectivity index (χ3v) is 8.06. The number of likely N-dealkylation sites (tertiary alicyclic amines) is 2. The molecule has 2 fully saturated rings. The van der Waals surface area contributed by atoms with Gasteiger partial charge in [0.1, 0.15) is 0 Å². The highest BCUT2D eigenvalue weighted by Gasteiger charge is 2.21. The van der Waals surface area contributed by atoms with Crippen molar-refractivity contribution in [2.45, 2.75) is 38.5 Å². The van der Waals surface area contributed by atoms with E-state index in [1.54, 1.807) is 0 Å². The molecule has 0 bridgehead atoms. The second kappa shape index (κ2) is 11.8. The molecule has 0 radical (unpaired) electrons. The Bertz CT molecular complexity index is 1370. The fourth-order valence-electron chi connectivity index (χ4n) is 5.74. The average molecular weight is 533 g/mol. The molecule has 2 aromatic heterocycles. The van der Waals surface area contributed by atoms with E-state index in [-0.39, 0.29) is 11.8 Å². The van der Waals surface area contributed by atoms with E-state index in [4.69, 9.17) is 0 Å². The summed E-state index contributed by atoms with van der Waals surface area (Å²) in [6.07, 6.45) is 14.9. The van der Waals surface area contributed by atoms with Crippen LogP contribution in [0, 0.1) is 0 Å². The summed E-state index contributed by atoms with van der Waals surface area (Å²) in [5.41, 5.74) is 5.64. The van der Waals surface area contributed by atoms with E-state index in [9.17, 15) is 9.59 Å². The number of aromatic nitrogens is 2. The molecule has 0 unspecified atom stereocenters. The van der Waals surface area contributed by atoms with Crippen LogP contribution in [-0.4, -0.2) is 47.8 Å². The summed E-state index contributed by atoms with van der Waals surface area (Å²) in [6.45, 7) is 3.41. The van der Waals surface area contributed by atoms with Gasteiger partial charge in [0.05, 0.1) is 0 Å². The molecule has 4 heterocycles. The van der Waals surface area contributed by atoms with Crippen LogP contribution in [0.15, 0.2) is 97.6 Å². The number of benzene rings is 2. The van der Waals surface area contributed by atoms with E-state index in [2.05, 4.69) is 24.3 Å². The highest BCUT2D eigenvalue weighted by molar-refractivity contribution is 5.95. The van der Waals surface area contributed by atoms with Gasteiger partial charge in [0.2, 0.25) is 11.4 Å². The van der Waals surface area contributed by atoms with Gasteiger partial charge in [-0.05, 0) is 61.8 Å². The van der Waals surface area contributed by atoms with Crippen molar-refractivity contribution in [1.29, 1.82) is 0 Å². The quantitative estimate of drug-likeness (QED) is 0.334. The maximum Gasteiger partial charge on any atom is 0.254 e. The van der Waals surface area contributed by atoms with Crippen LogP contribution in [0.3, 0.4) is 0 Å². The zero-order valence-corrected chi connectivity index (χ0v) is 22.9. The minimum atomic E-state index is 0.123. The van der Waals surface area contributed by atoms with E-state index in [1.807, 2.05) is 92.3 Å². The molecular formula is C34H36N4O2+2. The third kappa shape index (κ3) is 5.67. The summed E-state index contributed by atoms with van der Waals surface area (Å²) in [5.74, 6) is 0.246. The lowest BCUT2D eigenvalue weighted by Crippen LogP contribution is -2.36. The van der Waals surface area contributed by atoms with Crippen molar-refractivity contribution >= 4 is 11.8 Å². The normalized spacial score (nSPS) is 15.6. The highest BCUT2D eigenvalue weighted by atomic mass is 16.2. The first-order valence-electron chi connectivity index (χ1n) is 14.5. The largest absolute Gasteiger partial charge is 0.339 e. The van der Waals surface area contributed by atoms with Crippen molar-refractivity contribution < 1.29 is 18.7 Å². The van der Waals surface area contributed by atoms with Crippen LogP contribution < -0.4 is 9.13 Å². The maximum absolute atomic E-state index is 13.0. The number of rotatable bonds is 5. The Hall–Kier alpha value is -4.32. The molecule has 40 heavy (non-hydrogen) atoms. The molecule has 0 aliphatic carbocycles. The summed E-state index contributed by atoms with van der Waals surface area (Å²) in [4.78, 5) is 29.9. The molecule has 2 saturated heterocycles. The van der Waals surface area contributed by atoms with Gasteiger partial charge in [-0.3, -0.25) is 9.59 Å². The van der Waals surface area contributed by atoms with E-state index in [0.717, 1.165) is 85.5 Å². The minimum absolute atomic E-state index is 0.123. The molecule has 2 aliphatic heterocycles. The third-order valence-electron chi connectivity index (χ3n) is 8.06. The van der Waals surface area contributed by atoms with Crippen LogP contribution in [0.25, 0.3) is 22.5 Å². The molecule has 0 atom stereocenters. The zero-order chi connectivity index (χ0) is 27.3. The Kier molecular flexibility index (Phi) is 7.67. The molecule has 2 aliphatic rings. The van der Waals surface area contributed by atoms with Gasteiger partial charge < -0.3 is 9.80 Å². The van der Waals surface area contributed by atoms with Gasteiger partial charge in [0, 0.05) is 85.8 Å². The maximum atomic E-state index is 13.0. The summed E-state index contributed by atoms with van der Waals surface area (Å²) in [6, 6.07) is 24.1. The van der Waals surface area contributed by atoms with Crippen molar-refractivity contribution in [3.63, 3.8) is 0 Å². The second-order valence-corrected chi connectivity index (χ2v) is 10.8. The molecule has 0 saturated carbocycles. The second-order valence-electron chi connectivity index (χ2n) is 10.8. The molecule has 0 spiro atoms. The summed E-state index contributed by atoms with van der Waals surface area (Å²) >= 11 is 0.